The number of amides is 1. The van der Waals surface area contributed by atoms with Crippen molar-refractivity contribution in [2.24, 2.45) is 4.99 Å². The van der Waals surface area contributed by atoms with E-state index in [4.69, 9.17) is 9.73 Å². The molecule has 1 N–H and O–H groups in total. The Hall–Kier alpha value is -2.28. The molecule has 1 unspecified atom stereocenters. The van der Waals surface area contributed by atoms with E-state index in [1.807, 2.05) is 17.0 Å². The molecule has 2 heterocycles. The summed E-state index contributed by atoms with van der Waals surface area (Å²) < 4.78 is 5.40. The van der Waals surface area contributed by atoms with Gasteiger partial charge in [-0.3, -0.25) is 14.7 Å². The number of nitrogens with one attached hydrogen (secondary N) is 1. The summed E-state index contributed by atoms with van der Waals surface area (Å²) in [6.07, 6.45) is 2.28. The molecule has 0 aromatic heterocycles. The maximum atomic E-state index is 12.8. The summed E-state index contributed by atoms with van der Waals surface area (Å²) in [6, 6.07) is 8.21. The molecule has 0 radical (unpaired) electrons. The Bertz CT molecular complexity index is 780. The van der Waals surface area contributed by atoms with E-state index in [1.54, 1.807) is 7.11 Å². The van der Waals surface area contributed by atoms with Gasteiger partial charge >= 0.3 is 0 Å². The van der Waals surface area contributed by atoms with Crippen LogP contribution in [0.1, 0.15) is 46.1 Å². The predicted octanol–water partition coefficient (Wildman–Crippen LogP) is 2.57. The number of nitrogens with zero attached hydrogens (tertiary/aromatic N) is 4. The molecule has 7 nitrogen and oxygen atoms in total. The maximum absolute atomic E-state index is 12.8. The van der Waals surface area contributed by atoms with Crippen molar-refractivity contribution >= 4 is 11.9 Å². The molecule has 32 heavy (non-hydrogen) atoms. The zero-order valence-corrected chi connectivity index (χ0v) is 20.6. The number of hydrogen-bond donors (Lipinski definition) is 1. The number of ether oxygens (including phenoxy) is 1. The van der Waals surface area contributed by atoms with Crippen LogP contribution < -0.4 is 10.1 Å². The lowest BCUT2D eigenvalue weighted by Crippen LogP contribution is -2.57. The number of aliphatic imine (C=N–C) groups is 1. The Morgan fingerprint density at radius 3 is 2.44 bits per heavy atom. The minimum absolute atomic E-state index is 0.0400. The number of carbonyl (C=O) groups is 1. The summed E-state index contributed by atoms with van der Waals surface area (Å²) in [5.41, 5.74) is 1.11. The average Bonchev–Trinajstić information content (AvgIpc) is 3.36. The van der Waals surface area contributed by atoms with Crippen molar-refractivity contribution in [3.63, 3.8) is 0 Å². The second-order valence-corrected chi connectivity index (χ2v) is 9.52. The molecular weight excluding hydrogens is 402 g/mol. The zero-order chi connectivity index (χ0) is 23.1. The molecular formula is C25H41N5O2. The van der Waals surface area contributed by atoms with Crippen LogP contribution in [0.5, 0.6) is 5.75 Å². The SMILES string of the molecule is CCNC(=NCC(C)(C)c1cccc(OC)c1)N1CCN(C(C)C(=O)N2CCCC2)CC1. The molecule has 2 fully saturated rings. The normalized spacial score (nSPS) is 19.2. The van der Waals surface area contributed by atoms with Gasteiger partial charge in [-0.1, -0.05) is 26.0 Å². The first-order valence-corrected chi connectivity index (χ1v) is 12.1. The number of methoxy groups -OCH3 is 1. The van der Waals surface area contributed by atoms with Gasteiger partial charge in [-0.2, -0.15) is 0 Å². The van der Waals surface area contributed by atoms with Gasteiger partial charge in [-0.05, 0) is 44.4 Å². The summed E-state index contributed by atoms with van der Waals surface area (Å²) in [6.45, 7) is 15.5. The number of piperazine rings is 1. The highest BCUT2D eigenvalue weighted by atomic mass is 16.5. The monoisotopic (exact) mass is 443 g/mol. The quantitative estimate of drug-likeness (QED) is 0.518. The minimum Gasteiger partial charge on any atom is -0.497 e. The van der Waals surface area contributed by atoms with E-state index in [0.29, 0.717) is 6.54 Å². The van der Waals surface area contributed by atoms with Crippen molar-refractivity contribution in [2.45, 2.75) is 52.0 Å². The standard InChI is InChI=1S/C25H41N5O2/c1-6-26-24(27-19-25(3,4)21-10-9-11-22(18-21)32-5)30-16-14-28(15-17-30)20(2)23(31)29-12-7-8-13-29/h9-11,18,20H,6-8,12-17,19H2,1-5H3,(H,26,27). The van der Waals surface area contributed by atoms with E-state index >= 15 is 0 Å². The first kappa shape index (κ1) is 24.4. The van der Waals surface area contributed by atoms with Crippen molar-refractivity contribution in [1.29, 1.82) is 0 Å². The Kier molecular flexibility index (Phi) is 8.40. The molecule has 0 aliphatic carbocycles. The average molecular weight is 444 g/mol. The number of guanidine groups is 1. The van der Waals surface area contributed by atoms with Crippen LogP contribution in [0.3, 0.4) is 0 Å². The van der Waals surface area contributed by atoms with Crippen molar-refractivity contribution < 1.29 is 9.53 Å². The van der Waals surface area contributed by atoms with Crippen molar-refractivity contribution in [3.8, 4) is 5.75 Å². The van der Waals surface area contributed by atoms with Crippen LogP contribution in [0.2, 0.25) is 0 Å². The van der Waals surface area contributed by atoms with Crippen molar-refractivity contribution in [1.82, 2.24) is 20.0 Å². The second-order valence-electron chi connectivity index (χ2n) is 9.52. The molecule has 2 aliphatic heterocycles. The first-order valence-electron chi connectivity index (χ1n) is 12.1. The van der Waals surface area contributed by atoms with Gasteiger partial charge < -0.3 is 19.9 Å². The minimum atomic E-state index is -0.103. The first-order chi connectivity index (χ1) is 15.4. The lowest BCUT2D eigenvalue weighted by Gasteiger charge is -2.39. The van der Waals surface area contributed by atoms with Crippen LogP contribution in [-0.2, 0) is 10.2 Å². The molecule has 7 heteroatoms. The van der Waals surface area contributed by atoms with E-state index in [-0.39, 0.29) is 17.4 Å². The fourth-order valence-corrected chi connectivity index (χ4v) is 4.51. The van der Waals surface area contributed by atoms with Gasteiger partial charge in [0, 0.05) is 51.2 Å². The zero-order valence-electron chi connectivity index (χ0n) is 20.6. The lowest BCUT2D eigenvalue weighted by atomic mass is 9.84. The Balaban J connectivity index is 1.60. The molecule has 0 spiro atoms. The second kappa shape index (κ2) is 11.0. The maximum Gasteiger partial charge on any atom is 0.239 e. The summed E-state index contributed by atoms with van der Waals surface area (Å²) in [7, 11) is 1.70. The molecule has 2 aliphatic rings. The van der Waals surface area contributed by atoms with Gasteiger partial charge in [0.2, 0.25) is 5.91 Å². The summed E-state index contributed by atoms with van der Waals surface area (Å²) in [4.78, 5) is 24.5. The number of likely N-dealkylation sites (tertiary alicyclic amines) is 1. The predicted molar refractivity (Wildman–Crippen MR) is 130 cm³/mol. The van der Waals surface area contributed by atoms with Crippen LogP contribution in [0.4, 0.5) is 0 Å². The molecule has 1 aromatic carbocycles. The summed E-state index contributed by atoms with van der Waals surface area (Å²) in [5, 5.41) is 3.47. The van der Waals surface area contributed by atoms with Crippen LogP contribution in [-0.4, -0.2) is 92.1 Å². The van der Waals surface area contributed by atoms with Crippen LogP contribution in [0.25, 0.3) is 0 Å². The molecule has 178 valence electrons. The van der Waals surface area contributed by atoms with Gasteiger partial charge in [0.25, 0.3) is 0 Å². The van der Waals surface area contributed by atoms with Crippen LogP contribution in [0.15, 0.2) is 29.3 Å². The third-order valence-corrected chi connectivity index (χ3v) is 6.75. The third kappa shape index (κ3) is 5.94. The van der Waals surface area contributed by atoms with Crippen molar-refractivity contribution in [3.05, 3.63) is 29.8 Å². The van der Waals surface area contributed by atoms with E-state index in [0.717, 1.165) is 70.4 Å². The summed E-state index contributed by atoms with van der Waals surface area (Å²) >= 11 is 0. The number of benzene rings is 1. The van der Waals surface area contributed by atoms with Gasteiger partial charge in [0.15, 0.2) is 5.96 Å². The van der Waals surface area contributed by atoms with Gasteiger partial charge in [-0.15, -0.1) is 0 Å². The fraction of sp³-hybridized carbons (Fsp3) is 0.680. The highest BCUT2D eigenvalue weighted by Crippen LogP contribution is 2.27. The summed E-state index contributed by atoms with van der Waals surface area (Å²) in [5.74, 6) is 2.12. The van der Waals surface area contributed by atoms with Crippen molar-refractivity contribution in [2.75, 3.05) is 59.5 Å². The van der Waals surface area contributed by atoms with E-state index in [9.17, 15) is 4.79 Å². The van der Waals surface area contributed by atoms with Gasteiger partial charge in [0.1, 0.15) is 5.75 Å². The molecule has 0 bridgehead atoms. The van der Waals surface area contributed by atoms with Gasteiger partial charge in [0.05, 0.1) is 19.7 Å². The van der Waals surface area contributed by atoms with Crippen LogP contribution in [0, 0.1) is 0 Å². The highest BCUT2D eigenvalue weighted by molar-refractivity contribution is 5.82. The highest BCUT2D eigenvalue weighted by Gasteiger charge is 2.31. The molecule has 1 amide bonds. The van der Waals surface area contributed by atoms with Crippen LogP contribution >= 0.6 is 0 Å². The molecule has 3 rings (SSSR count). The Morgan fingerprint density at radius 1 is 1.12 bits per heavy atom. The van der Waals surface area contributed by atoms with E-state index in [1.165, 1.54) is 5.56 Å². The Morgan fingerprint density at radius 2 is 1.81 bits per heavy atom. The van der Waals surface area contributed by atoms with E-state index < -0.39 is 0 Å². The largest absolute Gasteiger partial charge is 0.497 e. The van der Waals surface area contributed by atoms with E-state index in [2.05, 4.69) is 54.9 Å². The molecule has 2 saturated heterocycles. The third-order valence-electron chi connectivity index (χ3n) is 6.75. The molecule has 1 aromatic rings. The molecule has 1 atom stereocenters. The van der Waals surface area contributed by atoms with Gasteiger partial charge in [-0.25, -0.2) is 0 Å². The number of rotatable bonds is 7. The Labute approximate surface area is 193 Å². The smallest absolute Gasteiger partial charge is 0.239 e. The lowest BCUT2D eigenvalue weighted by molar-refractivity contribution is -0.135. The topological polar surface area (TPSA) is 60.4 Å². The number of hydrogen-bond acceptors (Lipinski definition) is 4. The fourth-order valence-electron chi connectivity index (χ4n) is 4.51. The number of carbonyl (C=O) groups excluding carboxylic acids is 1. The molecule has 0 saturated carbocycles.